The Kier molecular flexibility index (Phi) is 12.9. The Morgan fingerprint density at radius 1 is 1.02 bits per heavy atom. The van der Waals surface area contributed by atoms with Crippen LogP contribution in [0.5, 0.6) is 0 Å². The number of anilines is 1. The van der Waals surface area contributed by atoms with Crippen LogP contribution < -0.4 is 20.1 Å². The van der Waals surface area contributed by atoms with Gasteiger partial charge in [0.15, 0.2) is 4.90 Å². The van der Waals surface area contributed by atoms with E-state index in [1.54, 1.807) is 6.07 Å². The van der Waals surface area contributed by atoms with Crippen LogP contribution in [0.1, 0.15) is 62.5 Å². The average molecular weight is 914 g/mol. The smallest absolute Gasteiger partial charge is 0.410 e. The van der Waals surface area contributed by atoms with Crippen LogP contribution in [-0.4, -0.2) is 92.2 Å². The molecule has 4 aliphatic rings. The van der Waals surface area contributed by atoms with Gasteiger partial charge in [0.25, 0.3) is 21.6 Å². The Labute approximate surface area is 361 Å². The summed E-state index contributed by atoms with van der Waals surface area (Å²) < 4.78 is 94.2. The highest BCUT2D eigenvalue weighted by atomic mass is 32.2. The Balaban J connectivity index is 1.22. The Morgan fingerprint density at radius 2 is 1.76 bits per heavy atom. The summed E-state index contributed by atoms with van der Waals surface area (Å²) >= 11 is 0. The van der Waals surface area contributed by atoms with Crippen LogP contribution >= 0.6 is 0 Å². The molecule has 3 heterocycles. The minimum atomic E-state index is -4.77. The number of para-hydroxylation sites is 1. The molecule has 3 aromatic rings. The summed E-state index contributed by atoms with van der Waals surface area (Å²) in [7, 11) is -9.53. The van der Waals surface area contributed by atoms with Gasteiger partial charge < -0.3 is 20.3 Å². The fourth-order valence-electron chi connectivity index (χ4n) is 8.32. The number of ether oxygens (including phenoxy) is 1. The van der Waals surface area contributed by atoms with E-state index < -0.39 is 112 Å². The minimum Gasteiger partial charge on any atom is -0.444 e. The fourth-order valence-corrected chi connectivity index (χ4v) is 10.9. The first kappa shape index (κ1) is 45.0. The number of carbonyl (C=O) groups is 4. The molecule has 1 saturated heterocycles. The van der Waals surface area contributed by atoms with Crippen molar-refractivity contribution in [1.82, 2.24) is 24.6 Å². The standard InChI is InChI=1S/C41H45F2N7O11S2/c1-2-26-21-41(26)39(53)47-63(59,60)36-19-27(42)16-17-31(36)44-18-9-5-3-4-6-13-32(46-62(57,58)35-15-8-7-14-33(35)50(55)56)38(52)49-23-28(20-34(49)37(51)45-41)61-40(54)48-22-25-11-10-12-30(43)29(25)24-48/h2,7-8,10-12,14-17,19,26,28,32,34,44,46H,1,3-6,9,13,18,20-24H2,(H,45,51)(H,47,53)/t26-,28-,32+,34+,41-/m1/s1. The quantitative estimate of drug-likeness (QED) is 0.156. The second kappa shape index (κ2) is 18.0. The first-order valence-electron chi connectivity index (χ1n) is 20.3. The van der Waals surface area contributed by atoms with Crippen molar-refractivity contribution < 1.29 is 54.5 Å². The maximum atomic E-state index is 14.7. The summed E-state index contributed by atoms with van der Waals surface area (Å²) in [6, 6.07) is 8.88. The Hall–Kier alpha value is -6.00. The number of nitro benzene ring substituents is 1. The number of sulfonamides is 2. The lowest BCUT2D eigenvalue weighted by atomic mass is 10.0. The molecule has 1 aliphatic carbocycles. The third-order valence-corrected chi connectivity index (χ3v) is 14.6. The van der Waals surface area contributed by atoms with Crippen molar-refractivity contribution in [2.75, 3.05) is 18.4 Å². The maximum absolute atomic E-state index is 14.7. The van der Waals surface area contributed by atoms with Crippen LogP contribution in [0.15, 0.2) is 83.1 Å². The number of nitro groups is 1. The van der Waals surface area contributed by atoms with Gasteiger partial charge in [-0.15, -0.1) is 6.58 Å². The lowest BCUT2D eigenvalue weighted by Crippen LogP contribution is -2.58. The molecule has 336 valence electrons. The molecule has 3 aliphatic heterocycles. The second-order valence-electron chi connectivity index (χ2n) is 15.9. The molecule has 1 saturated carbocycles. The lowest BCUT2D eigenvalue weighted by Gasteiger charge is -2.30. The maximum Gasteiger partial charge on any atom is 0.410 e. The molecule has 4 amide bonds. The number of rotatable bonds is 6. The number of hydrogen-bond donors (Lipinski definition) is 4. The van der Waals surface area contributed by atoms with Gasteiger partial charge in [-0.25, -0.2) is 35.1 Å². The average Bonchev–Trinajstić information content (AvgIpc) is 3.52. The van der Waals surface area contributed by atoms with E-state index in [2.05, 4.69) is 21.9 Å². The molecule has 22 heteroatoms. The highest BCUT2D eigenvalue weighted by molar-refractivity contribution is 7.90. The third kappa shape index (κ3) is 9.52. The summed E-state index contributed by atoms with van der Waals surface area (Å²) in [5.41, 5.74) is -1.79. The molecule has 0 radical (unpaired) electrons. The lowest BCUT2D eigenvalue weighted by molar-refractivity contribution is -0.387. The largest absolute Gasteiger partial charge is 0.444 e. The van der Waals surface area contributed by atoms with Gasteiger partial charge in [0.1, 0.15) is 40.3 Å². The first-order chi connectivity index (χ1) is 29.9. The van der Waals surface area contributed by atoms with Gasteiger partial charge in [-0.1, -0.05) is 56.0 Å². The highest BCUT2D eigenvalue weighted by Gasteiger charge is 2.61. The summed E-state index contributed by atoms with van der Waals surface area (Å²) in [6.45, 7) is 3.40. The van der Waals surface area contributed by atoms with Gasteiger partial charge >= 0.3 is 6.09 Å². The van der Waals surface area contributed by atoms with Crippen molar-refractivity contribution in [3.05, 3.63) is 106 Å². The molecule has 0 unspecified atom stereocenters. The monoisotopic (exact) mass is 913 g/mol. The van der Waals surface area contributed by atoms with Crippen LogP contribution in [0, 0.1) is 27.7 Å². The molecule has 5 atom stereocenters. The van der Waals surface area contributed by atoms with Crippen molar-refractivity contribution in [1.29, 1.82) is 0 Å². The molecule has 0 bridgehead atoms. The van der Waals surface area contributed by atoms with Crippen molar-refractivity contribution in [2.24, 2.45) is 5.92 Å². The number of halogens is 2. The van der Waals surface area contributed by atoms with E-state index in [1.165, 1.54) is 41.3 Å². The molecule has 1 spiro atoms. The zero-order valence-corrected chi connectivity index (χ0v) is 35.4. The minimum absolute atomic E-state index is 0.0113. The number of carbonyl (C=O) groups excluding carboxylic acids is 4. The summed E-state index contributed by atoms with van der Waals surface area (Å²) in [5, 5.41) is 17.4. The van der Waals surface area contributed by atoms with Crippen LogP contribution in [0.25, 0.3) is 0 Å². The molecule has 63 heavy (non-hydrogen) atoms. The Bertz CT molecular complexity index is 2580. The normalized spacial score (nSPS) is 25.4. The molecule has 4 N–H and O–H groups in total. The van der Waals surface area contributed by atoms with Crippen LogP contribution in [0.4, 0.5) is 25.0 Å². The van der Waals surface area contributed by atoms with Crippen molar-refractivity contribution in [2.45, 2.75) is 98.0 Å². The molecule has 0 aromatic heterocycles. The number of amides is 4. The van der Waals surface area contributed by atoms with Gasteiger partial charge in [-0.05, 0) is 55.2 Å². The van der Waals surface area contributed by atoms with E-state index in [-0.39, 0.29) is 51.0 Å². The molecule has 2 fully saturated rings. The SMILES string of the molecule is C=C[C@@H]1C[C@@]12NC(=O)[C@@H]1C[C@@H](OC(=O)N3Cc4cccc(F)c4C3)CN1C(=O)[C@@H](NS(=O)(=O)c1ccccc1[N+](=O)[O-])CCCCCCCNc1ccc(F)cc1S(=O)(=O)NC2=O. The fraction of sp³-hybridized carbons (Fsp3) is 0.415. The van der Waals surface area contributed by atoms with E-state index in [9.17, 15) is 54.9 Å². The van der Waals surface area contributed by atoms with Gasteiger partial charge in [0, 0.05) is 37.1 Å². The number of nitrogens with zero attached hydrogens (tertiary/aromatic N) is 3. The predicted octanol–water partition coefficient (Wildman–Crippen LogP) is 3.97. The van der Waals surface area contributed by atoms with Gasteiger partial charge in [0.05, 0.1) is 23.7 Å². The highest BCUT2D eigenvalue weighted by Crippen LogP contribution is 2.45. The number of nitrogens with one attached hydrogen (secondary N) is 4. The zero-order chi connectivity index (χ0) is 45.3. The second-order valence-corrected chi connectivity index (χ2v) is 19.3. The van der Waals surface area contributed by atoms with E-state index >= 15 is 0 Å². The molecule has 7 rings (SSSR count). The van der Waals surface area contributed by atoms with Gasteiger partial charge in [-0.3, -0.25) is 29.4 Å². The van der Waals surface area contributed by atoms with Crippen molar-refractivity contribution in [3.8, 4) is 0 Å². The molecule has 18 nitrogen and oxygen atoms in total. The molecular weight excluding hydrogens is 869 g/mol. The topological polar surface area (TPSA) is 244 Å². The molecular formula is C41H45F2N7O11S2. The van der Waals surface area contributed by atoms with E-state index in [0.717, 1.165) is 29.2 Å². The van der Waals surface area contributed by atoms with Crippen LogP contribution in [0.3, 0.4) is 0 Å². The first-order valence-corrected chi connectivity index (χ1v) is 23.2. The van der Waals surface area contributed by atoms with Gasteiger partial charge in [0.2, 0.25) is 21.8 Å². The van der Waals surface area contributed by atoms with Crippen LogP contribution in [0.2, 0.25) is 0 Å². The summed E-state index contributed by atoms with van der Waals surface area (Å²) in [4.78, 5) is 68.6. The van der Waals surface area contributed by atoms with Gasteiger partial charge in [-0.2, -0.15) is 4.72 Å². The third-order valence-electron chi connectivity index (χ3n) is 11.7. The Morgan fingerprint density at radius 3 is 2.49 bits per heavy atom. The number of benzene rings is 3. The van der Waals surface area contributed by atoms with Crippen molar-refractivity contribution in [3.63, 3.8) is 0 Å². The zero-order valence-electron chi connectivity index (χ0n) is 33.8. The summed E-state index contributed by atoms with van der Waals surface area (Å²) in [6.07, 6.45) is 1.06. The summed E-state index contributed by atoms with van der Waals surface area (Å²) in [5.74, 6) is -5.32. The van der Waals surface area contributed by atoms with Crippen molar-refractivity contribution >= 4 is 55.2 Å². The van der Waals surface area contributed by atoms with Crippen LogP contribution in [-0.2, 0) is 52.3 Å². The van der Waals surface area contributed by atoms with E-state index in [4.69, 9.17) is 4.74 Å². The van der Waals surface area contributed by atoms with E-state index in [0.29, 0.717) is 36.8 Å². The number of hydrogen-bond acceptors (Lipinski definition) is 12. The predicted molar refractivity (Wildman–Crippen MR) is 220 cm³/mol. The van der Waals surface area contributed by atoms with E-state index in [1.807, 2.05) is 4.72 Å². The molecule has 3 aromatic carbocycles. The number of fused-ring (bicyclic) bond motifs is 3.